The Hall–Kier alpha value is -1.75. The molecule has 1 unspecified atom stereocenters. The molecule has 0 aromatic heterocycles. The number of hydrogen-bond donors (Lipinski definition) is 2. The lowest BCUT2D eigenvalue weighted by molar-refractivity contribution is 0.141. The van der Waals surface area contributed by atoms with E-state index in [4.69, 9.17) is 14.5 Å². The fourth-order valence-corrected chi connectivity index (χ4v) is 4.37. The van der Waals surface area contributed by atoms with Gasteiger partial charge in [0.1, 0.15) is 5.75 Å². The van der Waals surface area contributed by atoms with Gasteiger partial charge in [0, 0.05) is 39.3 Å². The van der Waals surface area contributed by atoms with Gasteiger partial charge in [0.2, 0.25) is 0 Å². The smallest absolute Gasteiger partial charge is 0.191 e. The molecule has 2 aliphatic rings. The van der Waals surface area contributed by atoms with Crippen LogP contribution in [0.3, 0.4) is 0 Å². The monoisotopic (exact) mass is 373 g/mol. The van der Waals surface area contributed by atoms with Crippen LogP contribution in [0.5, 0.6) is 5.75 Å². The van der Waals surface area contributed by atoms with Gasteiger partial charge in [-0.05, 0) is 49.7 Å². The summed E-state index contributed by atoms with van der Waals surface area (Å²) in [5.74, 6) is 2.43. The Morgan fingerprint density at radius 3 is 2.85 bits per heavy atom. The van der Waals surface area contributed by atoms with Crippen molar-refractivity contribution in [1.29, 1.82) is 0 Å². The zero-order valence-electron chi connectivity index (χ0n) is 16.9. The van der Waals surface area contributed by atoms with Crippen molar-refractivity contribution in [1.82, 2.24) is 10.6 Å². The highest BCUT2D eigenvalue weighted by Gasteiger charge is 2.33. The van der Waals surface area contributed by atoms with Crippen LogP contribution >= 0.6 is 0 Å². The van der Waals surface area contributed by atoms with E-state index >= 15 is 0 Å². The van der Waals surface area contributed by atoms with E-state index in [0.717, 1.165) is 57.4 Å². The van der Waals surface area contributed by atoms with Crippen LogP contribution in [0.1, 0.15) is 56.9 Å². The van der Waals surface area contributed by atoms with Crippen molar-refractivity contribution in [3.05, 3.63) is 29.8 Å². The second-order valence-corrected chi connectivity index (χ2v) is 7.90. The molecule has 0 saturated heterocycles. The first kappa shape index (κ1) is 20.0. The Kier molecular flexibility index (Phi) is 7.39. The summed E-state index contributed by atoms with van der Waals surface area (Å²) in [6, 6.07) is 8.39. The normalized spacial score (nSPS) is 21.4. The molecule has 1 aromatic carbocycles. The molecule has 150 valence electrons. The number of fused-ring (bicyclic) bond motifs is 1. The summed E-state index contributed by atoms with van der Waals surface area (Å²) in [5.41, 5.74) is 1.63. The molecule has 3 rings (SSSR count). The molecular weight excluding hydrogens is 338 g/mol. The van der Waals surface area contributed by atoms with Crippen molar-refractivity contribution in [3.8, 4) is 5.75 Å². The highest BCUT2D eigenvalue weighted by atomic mass is 16.5. The molecular formula is C22H35N3O2. The molecule has 0 bridgehead atoms. The summed E-state index contributed by atoms with van der Waals surface area (Å²) in [7, 11) is 1.79. The zero-order valence-corrected chi connectivity index (χ0v) is 16.9. The van der Waals surface area contributed by atoms with E-state index in [1.165, 1.54) is 31.2 Å². The van der Waals surface area contributed by atoms with Crippen molar-refractivity contribution in [2.75, 3.05) is 40.0 Å². The van der Waals surface area contributed by atoms with Gasteiger partial charge >= 0.3 is 0 Å². The van der Waals surface area contributed by atoms with Crippen molar-refractivity contribution in [2.24, 2.45) is 10.4 Å². The molecule has 0 amide bonds. The molecule has 0 spiro atoms. The molecule has 2 N–H and O–H groups in total. The average Bonchev–Trinajstić information content (AvgIpc) is 3.18. The molecule has 1 saturated carbocycles. The van der Waals surface area contributed by atoms with E-state index in [-0.39, 0.29) is 0 Å². The first-order chi connectivity index (χ1) is 13.3. The second kappa shape index (κ2) is 9.98. The van der Waals surface area contributed by atoms with Crippen LogP contribution in [-0.2, 0) is 4.74 Å². The number of nitrogens with zero attached hydrogens (tertiary/aromatic N) is 1. The second-order valence-electron chi connectivity index (χ2n) is 7.90. The van der Waals surface area contributed by atoms with E-state index < -0.39 is 0 Å². The minimum absolute atomic E-state index is 0.323. The van der Waals surface area contributed by atoms with Crippen LogP contribution in [0.2, 0.25) is 0 Å². The molecule has 1 atom stereocenters. The number of nitrogens with one attached hydrogen (secondary N) is 2. The summed E-state index contributed by atoms with van der Waals surface area (Å²) in [5, 5.41) is 7.00. The quantitative estimate of drug-likeness (QED) is 0.539. The van der Waals surface area contributed by atoms with Crippen LogP contribution in [0.25, 0.3) is 0 Å². The number of benzene rings is 1. The highest BCUT2D eigenvalue weighted by molar-refractivity contribution is 5.79. The zero-order chi connectivity index (χ0) is 19.0. The Bertz CT molecular complexity index is 611. The number of rotatable bonds is 8. The molecule has 1 aliphatic carbocycles. The number of aliphatic imine (C=N–C) groups is 1. The molecule has 1 aromatic rings. The summed E-state index contributed by atoms with van der Waals surface area (Å²) in [6.45, 7) is 6.39. The summed E-state index contributed by atoms with van der Waals surface area (Å²) >= 11 is 0. The third-order valence-electron chi connectivity index (χ3n) is 6.02. The molecule has 5 nitrogen and oxygen atoms in total. The summed E-state index contributed by atoms with van der Waals surface area (Å²) < 4.78 is 11.1. The predicted molar refractivity (Wildman–Crippen MR) is 111 cm³/mol. The van der Waals surface area contributed by atoms with Gasteiger partial charge in [-0.2, -0.15) is 0 Å². The molecule has 1 fully saturated rings. The lowest BCUT2D eigenvalue weighted by Crippen LogP contribution is -2.41. The Morgan fingerprint density at radius 1 is 1.26 bits per heavy atom. The average molecular weight is 374 g/mol. The lowest BCUT2D eigenvalue weighted by Gasteiger charge is -2.28. The van der Waals surface area contributed by atoms with Gasteiger partial charge in [-0.15, -0.1) is 0 Å². The van der Waals surface area contributed by atoms with E-state index in [9.17, 15) is 0 Å². The Balaban J connectivity index is 1.61. The maximum atomic E-state index is 5.79. The van der Waals surface area contributed by atoms with E-state index in [2.05, 4.69) is 35.8 Å². The summed E-state index contributed by atoms with van der Waals surface area (Å²) in [4.78, 5) is 4.97. The van der Waals surface area contributed by atoms with Gasteiger partial charge in [0.15, 0.2) is 5.96 Å². The number of methoxy groups -OCH3 is 1. The van der Waals surface area contributed by atoms with Crippen LogP contribution < -0.4 is 15.4 Å². The van der Waals surface area contributed by atoms with Crippen molar-refractivity contribution in [2.45, 2.75) is 51.4 Å². The van der Waals surface area contributed by atoms with Crippen molar-refractivity contribution < 1.29 is 9.47 Å². The Morgan fingerprint density at radius 2 is 2.07 bits per heavy atom. The maximum Gasteiger partial charge on any atom is 0.191 e. The summed E-state index contributed by atoms with van der Waals surface area (Å²) in [6.07, 6.45) is 7.34. The first-order valence-electron chi connectivity index (χ1n) is 10.5. The van der Waals surface area contributed by atoms with Gasteiger partial charge in [-0.3, -0.25) is 4.99 Å². The number of para-hydroxylation sites is 1. The molecule has 1 aliphatic heterocycles. The predicted octanol–water partition coefficient (Wildman–Crippen LogP) is 3.70. The SMILES string of the molecule is CCNC(=NCC1(CCOC)CCCC1)NCC1CCOc2ccccc21. The first-order valence-corrected chi connectivity index (χ1v) is 10.5. The molecule has 5 heteroatoms. The largest absolute Gasteiger partial charge is 0.493 e. The van der Waals surface area contributed by atoms with Crippen LogP contribution in [0, 0.1) is 5.41 Å². The number of hydrogen-bond acceptors (Lipinski definition) is 3. The van der Waals surface area contributed by atoms with Crippen molar-refractivity contribution >= 4 is 5.96 Å². The maximum absolute atomic E-state index is 5.79. The standard InChI is InChI=1S/C22H35N3O2/c1-3-23-21(25-17-22(13-15-26-2)11-6-7-12-22)24-16-18-10-14-27-20-9-5-4-8-19(18)20/h4-5,8-9,18H,3,6-7,10-17H2,1-2H3,(H2,23,24,25). The third kappa shape index (κ3) is 5.38. The third-order valence-corrected chi connectivity index (χ3v) is 6.02. The van der Waals surface area contributed by atoms with Crippen LogP contribution in [0.15, 0.2) is 29.3 Å². The van der Waals surface area contributed by atoms with Crippen LogP contribution in [-0.4, -0.2) is 45.9 Å². The minimum Gasteiger partial charge on any atom is -0.493 e. The topological polar surface area (TPSA) is 54.9 Å². The highest BCUT2D eigenvalue weighted by Crippen LogP contribution is 2.41. The number of guanidine groups is 1. The minimum atomic E-state index is 0.323. The van der Waals surface area contributed by atoms with Gasteiger partial charge in [0.25, 0.3) is 0 Å². The molecule has 0 radical (unpaired) electrons. The van der Waals surface area contributed by atoms with Gasteiger partial charge in [-0.25, -0.2) is 0 Å². The van der Waals surface area contributed by atoms with E-state index in [1.54, 1.807) is 7.11 Å². The van der Waals surface area contributed by atoms with Gasteiger partial charge in [0.05, 0.1) is 6.61 Å². The van der Waals surface area contributed by atoms with Crippen LogP contribution in [0.4, 0.5) is 0 Å². The number of ether oxygens (including phenoxy) is 2. The molecule has 27 heavy (non-hydrogen) atoms. The van der Waals surface area contributed by atoms with Crippen molar-refractivity contribution in [3.63, 3.8) is 0 Å². The van der Waals surface area contributed by atoms with E-state index in [1.807, 2.05) is 6.07 Å². The fraction of sp³-hybridized carbons (Fsp3) is 0.682. The Labute approximate surface area is 163 Å². The molecule has 1 heterocycles. The fourth-order valence-electron chi connectivity index (χ4n) is 4.37. The van der Waals surface area contributed by atoms with E-state index in [0.29, 0.717) is 11.3 Å². The van der Waals surface area contributed by atoms with Gasteiger partial charge in [-0.1, -0.05) is 31.0 Å². The lowest BCUT2D eigenvalue weighted by atomic mass is 9.83. The van der Waals surface area contributed by atoms with Gasteiger partial charge < -0.3 is 20.1 Å².